The number of hydrogen-bond donors (Lipinski definition) is 1. The summed E-state index contributed by atoms with van der Waals surface area (Å²) < 4.78 is 41.6. The van der Waals surface area contributed by atoms with Gasteiger partial charge in [-0.2, -0.15) is 18.3 Å². The van der Waals surface area contributed by atoms with Crippen LogP contribution >= 0.6 is 11.6 Å². The predicted octanol–water partition coefficient (Wildman–Crippen LogP) is 4.07. The fraction of sp³-hybridized carbons (Fsp3) is 0.167. The van der Waals surface area contributed by atoms with Gasteiger partial charge in [0.15, 0.2) is 0 Å². The van der Waals surface area contributed by atoms with E-state index in [0.29, 0.717) is 16.7 Å². The van der Waals surface area contributed by atoms with Gasteiger partial charge in [-0.3, -0.25) is 23.6 Å². The lowest BCUT2D eigenvalue weighted by Gasteiger charge is -2.08. The Morgan fingerprint density at radius 3 is 2.53 bits per heavy atom. The van der Waals surface area contributed by atoms with Gasteiger partial charge in [0.1, 0.15) is 13.1 Å². The van der Waals surface area contributed by atoms with E-state index in [9.17, 15) is 22.8 Å². The largest absolute Gasteiger partial charge is 0.405 e. The highest BCUT2D eigenvalue weighted by atomic mass is 35.5. The standard InChI is InChI=1S/C24H18ClF3N6O2/c1-32-20-11-29-9-16(17(20)10-31-32)14-5-7-15(8-6-14)34-22-18(25)3-2-4-19(22)33(23(34)36)12-21(35)30-13-24(26,27)28/h2-11H,12-13H2,1H3,(H,30,35). The monoisotopic (exact) mass is 514 g/mol. The number of nitrogens with one attached hydrogen (secondary N) is 1. The van der Waals surface area contributed by atoms with Gasteiger partial charge in [-0.15, -0.1) is 0 Å². The van der Waals surface area contributed by atoms with Gasteiger partial charge in [0.25, 0.3) is 0 Å². The molecule has 12 heteroatoms. The van der Waals surface area contributed by atoms with Crippen LogP contribution in [-0.4, -0.2) is 42.5 Å². The van der Waals surface area contributed by atoms with E-state index >= 15 is 0 Å². The van der Waals surface area contributed by atoms with Crippen molar-refractivity contribution in [2.75, 3.05) is 6.54 Å². The number of hydrogen-bond acceptors (Lipinski definition) is 4. The van der Waals surface area contributed by atoms with E-state index < -0.39 is 30.9 Å². The number of fused-ring (bicyclic) bond motifs is 2. The maximum absolute atomic E-state index is 13.4. The number of halogens is 4. The van der Waals surface area contributed by atoms with Gasteiger partial charge in [-0.25, -0.2) is 4.79 Å². The van der Waals surface area contributed by atoms with Crippen molar-refractivity contribution in [1.29, 1.82) is 0 Å². The third kappa shape index (κ3) is 4.22. The first-order valence-electron chi connectivity index (χ1n) is 10.7. The first-order valence-corrected chi connectivity index (χ1v) is 11.1. The number of carbonyl (C=O) groups is 1. The quantitative estimate of drug-likeness (QED) is 0.383. The van der Waals surface area contributed by atoms with Crippen molar-refractivity contribution in [1.82, 2.24) is 29.2 Å². The smallest absolute Gasteiger partial charge is 0.345 e. The van der Waals surface area contributed by atoms with Crippen molar-refractivity contribution in [2.45, 2.75) is 12.7 Å². The molecule has 0 saturated carbocycles. The molecular weight excluding hydrogens is 497 g/mol. The Morgan fingerprint density at radius 1 is 1.06 bits per heavy atom. The zero-order valence-electron chi connectivity index (χ0n) is 18.8. The zero-order chi connectivity index (χ0) is 25.6. The molecule has 0 bridgehead atoms. The molecule has 3 aromatic heterocycles. The average Bonchev–Trinajstić information content (AvgIpc) is 3.36. The van der Waals surface area contributed by atoms with E-state index in [1.807, 2.05) is 19.2 Å². The second kappa shape index (κ2) is 8.83. The van der Waals surface area contributed by atoms with Crippen molar-refractivity contribution in [3.05, 3.63) is 76.6 Å². The molecule has 0 atom stereocenters. The van der Waals surface area contributed by atoms with Gasteiger partial charge in [0, 0.05) is 24.2 Å². The van der Waals surface area contributed by atoms with Crippen molar-refractivity contribution in [3.63, 3.8) is 0 Å². The Morgan fingerprint density at radius 2 is 1.81 bits per heavy atom. The molecule has 184 valence electrons. The number of pyridine rings is 1. The average molecular weight is 515 g/mol. The number of alkyl halides is 3. The minimum atomic E-state index is -4.56. The summed E-state index contributed by atoms with van der Waals surface area (Å²) in [6, 6.07) is 11.9. The normalized spacial score (nSPS) is 11.9. The third-order valence-electron chi connectivity index (χ3n) is 5.80. The van der Waals surface area contributed by atoms with Crippen LogP contribution in [0.25, 0.3) is 38.8 Å². The van der Waals surface area contributed by atoms with E-state index in [1.54, 1.807) is 58.9 Å². The van der Waals surface area contributed by atoms with E-state index in [0.717, 1.165) is 26.6 Å². The molecule has 5 rings (SSSR count). The maximum Gasteiger partial charge on any atom is 0.405 e. The Hall–Kier alpha value is -4.12. The van der Waals surface area contributed by atoms with Crippen LogP contribution in [0.2, 0.25) is 5.02 Å². The van der Waals surface area contributed by atoms with Crippen molar-refractivity contribution < 1.29 is 18.0 Å². The lowest BCUT2D eigenvalue weighted by Crippen LogP contribution is -2.37. The first kappa shape index (κ1) is 23.6. The maximum atomic E-state index is 13.4. The van der Waals surface area contributed by atoms with E-state index in [4.69, 9.17) is 11.6 Å². The Bertz CT molecular complexity index is 1670. The van der Waals surface area contributed by atoms with E-state index in [-0.39, 0.29) is 5.02 Å². The summed E-state index contributed by atoms with van der Waals surface area (Å²) in [6.07, 6.45) is 0.645. The molecule has 2 aromatic carbocycles. The number of amides is 1. The lowest BCUT2D eigenvalue weighted by atomic mass is 10.0. The molecule has 0 radical (unpaired) electrons. The molecule has 8 nitrogen and oxygen atoms in total. The van der Waals surface area contributed by atoms with Gasteiger partial charge in [-0.1, -0.05) is 29.8 Å². The topological polar surface area (TPSA) is 86.7 Å². The predicted molar refractivity (Wildman–Crippen MR) is 129 cm³/mol. The number of benzene rings is 2. The fourth-order valence-electron chi connectivity index (χ4n) is 4.13. The first-order chi connectivity index (χ1) is 17.1. The molecule has 0 saturated heterocycles. The number of nitrogens with zero attached hydrogens (tertiary/aromatic N) is 5. The van der Waals surface area contributed by atoms with Crippen LogP contribution in [0.5, 0.6) is 0 Å². The molecule has 0 aliphatic heterocycles. The molecule has 0 fully saturated rings. The van der Waals surface area contributed by atoms with E-state index in [2.05, 4.69) is 10.1 Å². The minimum absolute atomic E-state index is 0.257. The molecule has 0 aliphatic rings. The van der Waals surface area contributed by atoms with Crippen LogP contribution in [0.4, 0.5) is 13.2 Å². The Kier molecular flexibility index (Phi) is 5.79. The van der Waals surface area contributed by atoms with Crippen LogP contribution in [0.1, 0.15) is 0 Å². The summed E-state index contributed by atoms with van der Waals surface area (Å²) in [7, 11) is 1.83. The van der Waals surface area contributed by atoms with Crippen LogP contribution in [0.3, 0.4) is 0 Å². The van der Waals surface area contributed by atoms with Crippen molar-refractivity contribution >= 4 is 39.4 Å². The van der Waals surface area contributed by atoms with Crippen molar-refractivity contribution in [2.24, 2.45) is 7.05 Å². The molecule has 3 heterocycles. The number of aryl methyl sites for hydroxylation is 1. The van der Waals surface area contributed by atoms with Gasteiger partial charge in [0.2, 0.25) is 5.91 Å². The lowest BCUT2D eigenvalue weighted by molar-refractivity contribution is -0.138. The third-order valence-corrected chi connectivity index (χ3v) is 6.11. The molecule has 1 amide bonds. The summed E-state index contributed by atoms with van der Waals surface area (Å²) in [4.78, 5) is 29.8. The van der Waals surface area contributed by atoms with Gasteiger partial charge in [-0.05, 0) is 29.8 Å². The van der Waals surface area contributed by atoms with Crippen LogP contribution in [-0.2, 0) is 18.4 Å². The number of carbonyl (C=O) groups excluding carboxylic acids is 1. The fourth-order valence-corrected chi connectivity index (χ4v) is 4.39. The number of para-hydroxylation sites is 1. The second-order valence-electron chi connectivity index (χ2n) is 8.14. The molecule has 0 unspecified atom stereocenters. The van der Waals surface area contributed by atoms with E-state index in [1.165, 1.54) is 4.57 Å². The van der Waals surface area contributed by atoms with Crippen LogP contribution in [0, 0.1) is 0 Å². The summed E-state index contributed by atoms with van der Waals surface area (Å²) in [5.41, 5.74) is 3.11. The molecule has 36 heavy (non-hydrogen) atoms. The number of aromatic nitrogens is 5. The summed E-state index contributed by atoms with van der Waals surface area (Å²) in [5.74, 6) is -0.944. The second-order valence-corrected chi connectivity index (χ2v) is 8.55. The highest BCUT2D eigenvalue weighted by Gasteiger charge is 2.28. The highest BCUT2D eigenvalue weighted by Crippen LogP contribution is 2.30. The Labute approximate surface area is 206 Å². The number of imidazole rings is 1. The number of rotatable bonds is 5. The molecule has 0 spiro atoms. The van der Waals surface area contributed by atoms with Crippen molar-refractivity contribution in [3.8, 4) is 16.8 Å². The van der Waals surface area contributed by atoms with Gasteiger partial charge < -0.3 is 5.32 Å². The molecular formula is C24H18ClF3N6O2. The summed E-state index contributed by atoms with van der Waals surface area (Å²) in [5, 5.41) is 7.24. The van der Waals surface area contributed by atoms with Crippen LogP contribution < -0.4 is 11.0 Å². The van der Waals surface area contributed by atoms with Gasteiger partial charge >= 0.3 is 11.9 Å². The summed E-state index contributed by atoms with van der Waals surface area (Å²) >= 11 is 6.41. The van der Waals surface area contributed by atoms with Gasteiger partial charge in [0.05, 0.1) is 39.7 Å². The molecule has 1 N–H and O–H groups in total. The summed E-state index contributed by atoms with van der Waals surface area (Å²) in [6.45, 7) is -2.08. The zero-order valence-corrected chi connectivity index (χ0v) is 19.5. The SMILES string of the molecule is Cn1ncc2c(-c3ccc(-n4c(=O)n(CC(=O)NCC(F)(F)F)c5cccc(Cl)c54)cc3)cncc21. The molecule has 5 aromatic rings. The Balaban J connectivity index is 1.56. The minimum Gasteiger partial charge on any atom is -0.345 e. The molecule has 0 aliphatic carbocycles. The highest BCUT2D eigenvalue weighted by molar-refractivity contribution is 6.35. The van der Waals surface area contributed by atoms with Crippen LogP contribution in [0.15, 0.2) is 65.8 Å².